The van der Waals surface area contributed by atoms with Crippen LogP contribution in [-0.2, 0) is 20.9 Å². The third-order valence-electron chi connectivity index (χ3n) is 6.79. The first-order valence-corrected chi connectivity index (χ1v) is 11.2. The van der Waals surface area contributed by atoms with Crippen molar-refractivity contribution in [2.45, 2.75) is 44.1 Å². The molecule has 1 aliphatic carbocycles. The maximum Gasteiger partial charge on any atom is 0.290 e. The highest BCUT2D eigenvalue weighted by Gasteiger charge is 2.53. The highest BCUT2D eigenvalue weighted by Crippen LogP contribution is 2.50. The Bertz CT molecular complexity index is 1120. The highest BCUT2D eigenvalue weighted by molar-refractivity contribution is 6.11. The van der Waals surface area contributed by atoms with Crippen LogP contribution in [0.25, 0.3) is 0 Å². The highest BCUT2D eigenvalue weighted by atomic mass is 19.1. The Balaban J connectivity index is 1.64. The largest absolute Gasteiger partial charge is 0.493 e. The monoisotopic (exact) mass is 471 g/mol. The molecule has 0 N–H and O–H groups in total. The first-order chi connectivity index (χ1) is 16.5. The van der Waals surface area contributed by atoms with Crippen molar-refractivity contribution in [2.75, 3.05) is 21.3 Å². The van der Waals surface area contributed by atoms with Gasteiger partial charge in [-0.3, -0.25) is 9.59 Å². The Kier molecular flexibility index (Phi) is 5.71. The summed E-state index contributed by atoms with van der Waals surface area (Å²) in [6, 6.07) is 6.13. The Morgan fingerprint density at radius 2 is 1.82 bits per heavy atom. The number of hydrogen-bond acceptors (Lipinski definition) is 7. The van der Waals surface area contributed by atoms with Crippen LogP contribution in [0.15, 0.2) is 46.3 Å². The van der Waals surface area contributed by atoms with Crippen LogP contribution in [0.5, 0.6) is 17.2 Å². The molecule has 2 aliphatic heterocycles. The lowest BCUT2D eigenvalue weighted by molar-refractivity contribution is -0.136. The first kappa shape index (κ1) is 22.3. The van der Waals surface area contributed by atoms with Crippen molar-refractivity contribution in [2.24, 2.45) is 5.92 Å². The number of halogens is 1. The molecule has 3 aliphatic rings. The molecule has 5 rings (SSSR count). The summed E-state index contributed by atoms with van der Waals surface area (Å²) in [4.78, 5) is 28.8. The lowest BCUT2D eigenvalue weighted by Crippen LogP contribution is -2.42. The van der Waals surface area contributed by atoms with Gasteiger partial charge in [-0.2, -0.15) is 0 Å². The number of amides is 1. The molecule has 0 saturated heterocycles. The molecule has 9 heteroatoms. The third-order valence-corrected chi connectivity index (χ3v) is 6.79. The van der Waals surface area contributed by atoms with Gasteiger partial charge in [0, 0.05) is 0 Å². The van der Waals surface area contributed by atoms with E-state index in [0.29, 0.717) is 41.4 Å². The number of nitrogens with zero attached hydrogens (tertiary/aromatic N) is 1. The van der Waals surface area contributed by atoms with Gasteiger partial charge < -0.3 is 28.3 Å². The van der Waals surface area contributed by atoms with Gasteiger partial charge in [0.05, 0.1) is 51.7 Å². The number of rotatable bonds is 6. The van der Waals surface area contributed by atoms with Crippen molar-refractivity contribution in [3.63, 3.8) is 0 Å². The van der Waals surface area contributed by atoms with Crippen LogP contribution >= 0.6 is 0 Å². The summed E-state index contributed by atoms with van der Waals surface area (Å²) in [6.45, 7) is 0.123. The van der Waals surface area contributed by atoms with Crippen molar-refractivity contribution >= 4 is 11.7 Å². The fourth-order valence-corrected chi connectivity index (χ4v) is 5.20. The molecule has 1 amide bonds. The van der Waals surface area contributed by atoms with E-state index in [1.165, 1.54) is 32.5 Å². The molecular weight excluding hydrogens is 445 g/mol. The smallest absolute Gasteiger partial charge is 0.290 e. The zero-order chi connectivity index (χ0) is 24.0. The number of carbonyl (C=O) groups is 2. The number of alkyl halides is 1. The second-order valence-electron chi connectivity index (χ2n) is 8.65. The average Bonchev–Trinajstić information content (AvgIpc) is 3.46. The third kappa shape index (κ3) is 3.50. The molecule has 1 fully saturated rings. The van der Waals surface area contributed by atoms with Crippen molar-refractivity contribution in [1.29, 1.82) is 0 Å². The first-order valence-electron chi connectivity index (χ1n) is 11.2. The topological polar surface area (TPSA) is 87.4 Å². The minimum absolute atomic E-state index is 0.0360. The maximum atomic E-state index is 14.2. The number of ketones is 1. The lowest BCUT2D eigenvalue weighted by atomic mass is 9.77. The van der Waals surface area contributed by atoms with Crippen LogP contribution in [0.3, 0.4) is 0 Å². The molecule has 180 valence electrons. The number of benzene rings is 1. The number of fused-ring (bicyclic) bond motifs is 1. The molecule has 0 bridgehead atoms. The van der Waals surface area contributed by atoms with E-state index < -0.39 is 30.1 Å². The standard InChI is InChI=1S/C25H26FNO7/c1-30-18-9-13(10-19(31-2)23(18)32-3)21-20-22(28)16-11-14(26)6-7-17(16)34-24(20)25(29)27(21)12-15-5-4-8-33-15/h4-5,8-10,14,16-17,21H,6-7,11-12H2,1-3H3. The van der Waals surface area contributed by atoms with Gasteiger partial charge in [-0.15, -0.1) is 0 Å². The molecule has 0 radical (unpaired) electrons. The summed E-state index contributed by atoms with van der Waals surface area (Å²) in [7, 11) is 4.49. The Hall–Kier alpha value is -3.49. The van der Waals surface area contributed by atoms with Crippen LogP contribution in [0.2, 0.25) is 0 Å². The second kappa shape index (κ2) is 8.70. The summed E-state index contributed by atoms with van der Waals surface area (Å²) >= 11 is 0. The summed E-state index contributed by atoms with van der Waals surface area (Å²) in [5.41, 5.74) is 0.823. The van der Waals surface area contributed by atoms with Gasteiger partial charge in [0.25, 0.3) is 5.91 Å². The molecule has 1 aromatic carbocycles. The summed E-state index contributed by atoms with van der Waals surface area (Å²) in [6.07, 6.45) is 0.772. The fourth-order valence-electron chi connectivity index (χ4n) is 5.20. The van der Waals surface area contributed by atoms with Crippen molar-refractivity contribution in [1.82, 2.24) is 4.90 Å². The Morgan fingerprint density at radius 3 is 2.44 bits per heavy atom. The van der Waals surface area contributed by atoms with E-state index in [2.05, 4.69) is 0 Å². The average molecular weight is 471 g/mol. The Labute approximate surface area is 196 Å². The number of furan rings is 1. The number of carbonyl (C=O) groups excluding carboxylic acids is 2. The van der Waals surface area contributed by atoms with E-state index in [1.54, 1.807) is 24.3 Å². The summed E-state index contributed by atoms with van der Waals surface area (Å²) < 4.78 is 42.2. The number of Topliss-reactive ketones (excluding diaryl/α,β-unsaturated/α-hetero) is 1. The van der Waals surface area contributed by atoms with Crippen LogP contribution in [0.4, 0.5) is 4.39 Å². The zero-order valence-electron chi connectivity index (χ0n) is 19.2. The maximum absolute atomic E-state index is 14.2. The summed E-state index contributed by atoms with van der Waals surface area (Å²) in [5, 5.41) is 0. The molecule has 1 aromatic heterocycles. The SMILES string of the molecule is COc1cc(C2C3=C(OC4CCC(F)CC4C3=O)C(=O)N2Cc2ccco2)cc(OC)c1OC. The van der Waals surface area contributed by atoms with Gasteiger partial charge in [0.1, 0.15) is 18.0 Å². The molecular formula is C25H26FNO7. The van der Waals surface area contributed by atoms with Gasteiger partial charge in [0.2, 0.25) is 5.75 Å². The minimum atomic E-state index is -1.06. The predicted octanol–water partition coefficient (Wildman–Crippen LogP) is 3.75. The fraction of sp³-hybridized carbons (Fsp3) is 0.440. The molecule has 8 nitrogen and oxygen atoms in total. The van der Waals surface area contributed by atoms with Crippen molar-refractivity contribution < 1.29 is 37.3 Å². The molecule has 4 unspecified atom stereocenters. The van der Waals surface area contributed by atoms with Gasteiger partial charge in [0.15, 0.2) is 23.0 Å². The predicted molar refractivity (Wildman–Crippen MR) is 117 cm³/mol. The number of hydrogen-bond donors (Lipinski definition) is 0. The van der Waals surface area contributed by atoms with E-state index in [1.807, 2.05) is 0 Å². The van der Waals surface area contributed by atoms with E-state index in [-0.39, 0.29) is 30.1 Å². The van der Waals surface area contributed by atoms with Crippen molar-refractivity contribution in [3.8, 4) is 17.2 Å². The molecule has 3 heterocycles. The van der Waals surface area contributed by atoms with E-state index >= 15 is 0 Å². The molecule has 4 atom stereocenters. The van der Waals surface area contributed by atoms with Crippen LogP contribution in [0.1, 0.15) is 36.6 Å². The quantitative estimate of drug-likeness (QED) is 0.634. The van der Waals surface area contributed by atoms with Crippen LogP contribution in [-0.4, -0.2) is 50.2 Å². The lowest BCUT2D eigenvalue weighted by Gasteiger charge is -2.36. The zero-order valence-corrected chi connectivity index (χ0v) is 19.2. The van der Waals surface area contributed by atoms with E-state index in [9.17, 15) is 14.0 Å². The molecule has 1 saturated carbocycles. The molecule has 34 heavy (non-hydrogen) atoms. The van der Waals surface area contributed by atoms with Gasteiger partial charge in [-0.1, -0.05) is 0 Å². The van der Waals surface area contributed by atoms with E-state index in [4.69, 9.17) is 23.4 Å². The van der Waals surface area contributed by atoms with Gasteiger partial charge in [-0.05, 0) is 49.1 Å². The normalized spacial score (nSPS) is 26.2. The minimum Gasteiger partial charge on any atom is -0.493 e. The van der Waals surface area contributed by atoms with Crippen LogP contribution in [0, 0.1) is 5.92 Å². The number of methoxy groups -OCH3 is 3. The summed E-state index contributed by atoms with van der Waals surface area (Å²) in [5.74, 6) is 0.488. The second-order valence-corrected chi connectivity index (χ2v) is 8.65. The Morgan fingerprint density at radius 1 is 1.09 bits per heavy atom. The van der Waals surface area contributed by atoms with Crippen LogP contribution < -0.4 is 14.2 Å². The van der Waals surface area contributed by atoms with Gasteiger partial charge in [-0.25, -0.2) is 4.39 Å². The van der Waals surface area contributed by atoms with Gasteiger partial charge >= 0.3 is 0 Å². The van der Waals surface area contributed by atoms with Crippen molar-refractivity contribution in [3.05, 3.63) is 53.2 Å². The molecule has 0 spiro atoms. The van der Waals surface area contributed by atoms with E-state index in [0.717, 1.165) is 0 Å². The molecule has 2 aromatic rings. The number of ether oxygens (including phenoxy) is 4.